The molecule has 2 aromatic rings. The zero-order valence-electron chi connectivity index (χ0n) is 14.3. The first-order valence-corrected chi connectivity index (χ1v) is 9.91. The van der Waals surface area contributed by atoms with Crippen molar-refractivity contribution in [1.29, 1.82) is 0 Å². The molecule has 0 saturated heterocycles. The molecule has 0 atom stereocenters. The van der Waals surface area contributed by atoms with Gasteiger partial charge in [0.1, 0.15) is 16.4 Å². The maximum Gasteiger partial charge on any atom is 0.345 e. The summed E-state index contributed by atoms with van der Waals surface area (Å²) >= 11 is 0. The molecule has 1 aliphatic carbocycles. The maximum absolute atomic E-state index is 12.9. The first kappa shape index (κ1) is 16.5. The molecule has 0 unspecified atom stereocenters. The van der Waals surface area contributed by atoms with Gasteiger partial charge in [-0.1, -0.05) is 5.16 Å². The molecule has 0 N–H and O–H groups in total. The molecule has 10 heteroatoms. The van der Waals surface area contributed by atoms with Crippen LogP contribution in [0.2, 0.25) is 0 Å². The number of fused-ring (bicyclic) bond motifs is 1. The maximum atomic E-state index is 12.9. The van der Waals surface area contributed by atoms with Gasteiger partial charge in [0.25, 0.3) is 0 Å². The number of aryl methyl sites for hydroxylation is 2. The molecular formula is C15H21N5O4S. The van der Waals surface area contributed by atoms with Crippen molar-refractivity contribution in [2.24, 2.45) is 5.92 Å². The fourth-order valence-corrected chi connectivity index (χ4v) is 5.04. The van der Waals surface area contributed by atoms with Crippen LogP contribution >= 0.6 is 0 Å². The second-order valence-electron chi connectivity index (χ2n) is 6.78. The van der Waals surface area contributed by atoms with Crippen LogP contribution in [0.5, 0.6) is 0 Å². The van der Waals surface area contributed by atoms with E-state index in [2.05, 4.69) is 10.3 Å². The van der Waals surface area contributed by atoms with Gasteiger partial charge in [-0.25, -0.2) is 17.9 Å². The van der Waals surface area contributed by atoms with Crippen LogP contribution in [0.3, 0.4) is 0 Å². The monoisotopic (exact) mass is 367 g/mol. The van der Waals surface area contributed by atoms with E-state index in [4.69, 9.17) is 4.52 Å². The number of hydrogen-bond acceptors (Lipinski definition) is 6. The van der Waals surface area contributed by atoms with Gasteiger partial charge in [0, 0.05) is 32.6 Å². The fraction of sp³-hybridized carbons (Fsp3) is 0.667. The third-order valence-electron chi connectivity index (χ3n) is 4.85. The Labute approximate surface area is 145 Å². The highest BCUT2D eigenvalue weighted by Gasteiger charge is 2.33. The first-order chi connectivity index (χ1) is 11.9. The minimum absolute atomic E-state index is 0.123. The molecule has 1 fully saturated rings. The fourth-order valence-electron chi connectivity index (χ4n) is 3.32. The van der Waals surface area contributed by atoms with Crippen molar-refractivity contribution < 1.29 is 12.9 Å². The zero-order chi connectivity index (χ0) is 17.8. The Hall–Kier alpha value is -1.94. The van der Waals surface area contributed by atoms with E-state index in [9.17, 15) is 13.2 Å². The van der Waals surface area contributed by atoms with Crippen molar-refractivity contribution >= 4 is 10.0 Å². The van der Waals surface area contributed by atoms with Crippen LogP contribution < -0.4 is 5.69 Å². The first-order valence-electron chi connectivity index (χ1n) is 8.47. The topological polar surface area (TPSA) is 103 Å². The minimum atomic E-state index is -3.70. The minimum Gasteiger partial charge on any atom is -0.360 e. The summed E-state index contributed by atoms with van der Waals surface area (Å²) in [5.41, 5.74) is 0.213. The van der Waals surface area contributed by atoms with Gasteiger partial charge in [-0.05, 0) is 32.6 Å². The number of hydrogen-bond donors (Lipinski definition) is 0. The van der Waals surface area contributed by atoms with Crippen LogP contribution in [0.15, 0.2) is 14.2 Å². The van der Waals surface area contributed by atoms with Crippen molar-refractivity contribution in [3.05, 3.63) is 27.8 Å². The van der Waals surface area contributed by atoms with Crippen molar-refractivity contribution in [1.82, 2.24) is 23.8 Å². The Balaban J connectivity index is 1.59. The molecule has 2 aromatic heterocycles. The Bertz CT molecular complexity index is 947. The van der Waals surface area contributed by atoms with Crippen LogP contribution in [0, 0.1) is 19.8 Å². The van der Waals surface area contributed by atoms with Gasteiger partial charge in [-0.2, -0.15) is 9.40 Å². The molecule has 9 nitrogen and oxygen atoms in total. The predicted octanol–water partition coefficient (Wildman–Crippen LogP) is 0.307. The van der Waals surface area contributed by atoms with E-state index >= 15 is 0 Å². The lowest BCUT2D eigenvalue weighted by atomic mass is 10.4. The van der Waals surface area contributed by atoms with Gasteiger partial charge < -0.3 is 4.52 Å². The summed E-state index contributed by atoms with van der Waals surface area (Å²) in [6.45, 7) is 4.69. The lowest BCUT2D eigenvalue weighted by Crippen LogP contribution is -2.35. The average molecular weight is 367 g/mol. The van der Waals surface area contributed by atoms with Crippen LogP contribution in [0.25, 0.3) is 0 Å². The third kappa shape index (κ3) is 2.82. The van der Waals surface area contributed by atoms with E-state index in [1.807, 2.05) is 0 Å². The molecule has 0 bridgehead atoms. The Kier molecular flexibility index (Phi) is 3.84. The summed E-state index contributed by atoms with van der Waals surface area (Å²) in [6.07, 6.45) is 2.71. The zero-order valence-corrected chi connectivity index (χ0v) is 15.1. The predicted molar refractivity (Wildman–Crippen MR) is 87.7 cm³/mol. The van der Waals surface area contributed by atoms with Gasteiger partial charge in [-0.3, -0.25) is 4.57 Å². The van der Waals surface area contributed by atoms with Crippen molar-refractivity contribution in [3.63, 3.8) is 0 Å². The molecule has 0 amide bonds. The summed E-state index contributed by atoms with van der Waals surface area (Å²) in [4.78, 5) is 12.6. The number of sulfonamides is 1. The van der Waals surface area contributed by atoms with Gasteiger partial charge in [0.2, 0.25) is 10.0 Å². The summed E-state index contributed by atoms with van der Waals surface area (Å²) in [6, 6.07) is 0. The van der Waals surface area contributed by atoms with E-state index in [-0.39, 0.29) is 29.4 Å². The molecule has 0 spiro atoms. The Morgan fingerprint density at radius 3 is 2.60 bits per heavy atom. The summed E-state index contributed by atoms with van der Waals surface area (Å²) in [7, 11) is -3.70. The summed E-state index contributed by atoms with van der Waals surface area (Å²) < 4.78 is 35.4. The quantitative estimate of drug-likeness (QED) is 0.770. The normalized spacial score (nSPS) is 19.0. The second kappa shape index (κ2) is 5.80. The molecular weight excluding hydrogens is 346 g/mol. The van der Waals surface area contributed by atoms with E-state index in [1.165, 1.54) is 8.99 Å². The molecule has 1 saturated carbocycles. The largest absolute Gasteiger partial charge is 0.360 e. The molecule has 0 radical (unpaired) electrons. The molecule has 1 aliphatic heterocycles. The molecule has 4 rings (SSSR count). The standard InChI is InChI=1S/C15H21N5O4S/c1-10-14(11(2)24-17-10)25(22,23)18-6-5-13-16-20(9-12-3-4-12)15(21)19(13)8-7-18/h12H,3-9H2,1-2H3. The molecule has 2 aliphatic rings. The third-order valence-corrected chi connectivity index (χ3v) is 6.99. The van der Waals surface area contributed by atoms with Crippen LogP contribution in [0.4, 0.5) is 0 Å². The summed E-state index contributed by atoms with van der Waals surface area (Å²) in [5.74, 6) is 1.50. The highest BCUT2D eigenvalue weighted by atomic mass is 32.2. The highest BCUT2D eigenvalue weighted by molar-refractivity contribution is 7.89. The Morgan fingerprint density at radius 2 is 1.96 bits per heavy atom. The lowest BCUT2D eigenvalue weighted by molar-refractivity contribution is 0.387. The van der Waals surface area contributed by atoms with Crippen molar-refractivity contribution in [2.45, 2.75) is 51.1 Å². The van der Waals surface area contributed by atoms with E-state index < -0.39 is 10.0 Å². The number of rotatable bonds is 4. The number of nitrogens with zero attached hydrogens (tertiary/aromatic N) is 5. The SMILES string of the molecule is Cc1noc(C)c1S(=O)(=O)N1CCc2nn(CC3CC3)c(=O)n2CC1. The van der Waals surface area contributed by atoms with Gasteiger partial charge in [0.15, 0.2) is 5.76 Å². The molecule has 3 heterocycles. The second-order valence-corrected chi connectivity index (χ2v) is 8.66. The number of aromatic nitrogens is 4. The van der Waals surface area contributed by atoms with E-state index in [0.29, 0.717) is 36.9 Å². The average Bonchev–Trinajstić information content (AvgIpc) is 3.28. The van der Waals surface area contributed by atoms with E-state index in [1.54, 1.807) is 18.4 Å². The van der Waals surface area contributed by atoms with Gasteiger partial charge >= 0.3 is 5.69 Å². The van der Waals surface area contributed by atoms with Crippen LogP contribution in [-0.4, -0.2) is 45.3 Å². The van der Waals surface area contributed by atoms with Crippen LogP contribution in [0.1, 0.15) is 30.1 Å². The highest BCUT2D eigenvalue weighted by Crippen LogP contribution is 2.30. The van der Waals surface area contributed by atoms with Gasteiger partial charge in [0.05, 0.1) is 0 Å². The van der Waals surface area contributed by atoms with E-state index in [0.717, 1.165) is 12.8 Å². The molecule has 136 valence electrons. The van der Waals surface area contributed by atoms with Crippen molar-refractivity contribution in [3.8, 4) is 0 Å². The molecule has 25 heavy (non-hydrogen) atoms. The van der Waals surface area contributed by atoms with Crippen LogP contribution in [-0.2, 0) is 29.5 Å². The smallest absolute Gasteiger partial charge is 0.345 e. The Morgan fingerprint density at radius 1 is 1.20 bits per heavy atom. The molecule has 0 aromatic carbocycles. The summed E-state index contributed by atoms with van der Waals surface area (Å²) in [5, 5.41) is 8.16. The van der Waals surface area contributed by atoms with Crippen molar-refractivity contribution in [2.75, 3.05) is 13.1 Å². The lowest BCUT2D eigenvalue weighted by Gasteiger charge is -2.19. The van der Waals surface area contributed by atoms with Gasteiger partial charge in [-0.15, -0.1) is 0 Å².